The maximum Gasteiger partial charge on any atom is 0.309 e. The summed E-state index contributed by atoms with van der Waals surface area (Å²) in [5.74, 6) is 1.15. The van der Waals surface area contributed by atoms with Gasteiger partial charge in [0, 0.05) is 11.8 Å². The molecule has 0 spiro atoms. The molecule has 2 aliphatic rings. The summed E-state index contributed by atoms with van der Waals surface area (Å²) in [4.78, 5) is 28.4. The molecule has 2 rings (SSSR count). The molecule has 7 nitrogen and oxygen atoms in total. The van der Waals surface area contributed by atoms with Gasteiger partial charge >= 0.3 is 11.9 Å². The molecule has 0 amide bonds. The van der Waals surface area contributed by atoms with Crippen molar-refractivity contribution in [2.75, 3.05) is 13.2 Å². The normalized spacial score (nSPS) is 22.2. The SMILES string of the molecule is CCCCCCCCCCCCCCCC(CCCCCCCCCCCCCCC)C(=O)OCC1O[C@@H](O[C@@H]2OC(COC(=O)C(CCCCCCCCCCCCCCC)CCCCCCCCCCCCCCC)[C@H](C)[C@H](C)C2C)C(C)[C@@H](C)[C@H]1C. The summed E-state index contributed by atoms with van der Waals surface area (Å²) >= 11 is 0. The molecule has 2 fully saturated rings. The number of unbranched alkanes of at least 4 members (excludes halogenated alkanes) is 48. The molecule has 528 valence electrons. The van der Waals surface area contributed by atoms with Gasteiger partial charge in [-0.15, -0.1) is 0 Å². The first-order chi connectivity index (χ1) is 43.5. The van der Waals surface area contributed by atoms with Crippen molar-refractivity contribution in [3.05, 3.63) is 0 Å². The summed E-state index contributed by atoms with van der Waals surface area (Å²) < 4.78 is 33.4. The van der Waals surface area contributed by atoms with Crippen LogP contribution in [0.3, 0.4) is 0 Å². The van der Waals surface area contributed by atoms with Crippen LogP contribution in [0, 0.1) is 47.3 Å². The van der Waals surface area contributed by atoms with Crippen LogP contribution in [0.4, 0.5) is 0 Å². The lowest BCUT2D eigenvalue weighted by Crippen LogP contribution is -2.53. The maximum absolute atomic E-state index is 14.2. The Kier molecular flexibility index (Phi) is 55.9. The Bertz CT molecular complexity index is 1370. The number of ether oxygens (including phenoxy) is 5. The molecule has 0 aromatic rings. The first-order valence-corrected chi connectivity index (χ1v) is 40.8. The second-order valence-corrected chi connectivity index (χ2v) is 30.2. The zero-order chi connectivity index (χ0) is 64.6. The molecule has 0 aromatic heterocycles. The van der Waals surface area contributed by atoms with Crippen LogP contribution in [0.2, 0.25) is 0 Å². The number of carbonyl (C=O) groups excluding carboxylic acids is 2. The van der Waals surface area contributed by atoms with Crippen molar-refractivity contribution in [3.63, 3.8) is 0 Å². The van der Waals surface area contributed by atoms with Crippen LogP contribution in [0.25, 0.3) is 0 Å². The molecule has 0 aliphatic carbocycles. The van der Waals surface area contributed by atoms with Gasteiger partial charge < -0.3 is 23.7 Å². The van der Waals surface area contributed by atoms with Crippen molar-refractivity contribution in [1.82, 2.24) is 0 Å². The zero-order valence-corrected chi connectivity index (χ0v) is 61.8. The summed E-state index contributed by atoms with van der Waals surface area (Å²) in [6.45, 7) is 23.3. The summed E-state index contributed by atoms with van der Waals surface area (Å²) in [7, 11) is 0. The van der Waals surface area contributed by atoms with Crippen LogP contribution >= 0.6 is 0 Å². The Balaban J connectivity index is 1.98. The van der Waals surface area contributed by atoms with Crippen LogP contribution in [0.5, 0.6) is 0 Å². The van der Waals surface area contributed by atoms with E-state index in [2.05, 4.69) is 69.2 Å². The van der Waals surface area contributed by atoms with E-state index >= 15 is 0 Å². The van der Waals surface area contributed by atoms with Crippen LogP contribution in [0.15, 0.2) is 0 Å². The minimum Gasteiger partial charge on any atom is -0.463 e. The van der Waals surface area contributed by atoms with Gasteiger partial charge in [0.05, 0.1) is 24.0 Å². The summed E-state index contributed by atoms with van der Waals surface area (Å²) in [6, 6.07) is 0. The number of esters is 2. The average molecular weight is 1260 g/mol. The van der Waals surface area contributed by atoms with E-state index in [1.165, 1.54) is 308 Å². The van der Waals surface area contributed by atoms with E-state index < -0.39 is 12.6 Å². The minimum atomic E-state index is -0.487. The zero-order valence-electron chi connectivity index (χ0n) is 61.8. The Morgan fingerprint density at radius 3 is 0.629 bits per heavy atom. The molecule has 2 saturated heterocycles. The van der Waals surface area contributed by atoms with E-state index in [0.29, 0.717) is 11.8 Å². The van der Waals surface area contributed by atoms with Crippen LogP contribution < -0.4 is 0 Å². The molecular formula is C82H158O7. The predicted molar refractivity (Wildman–Crippen MR) is 384 cm³/mol. The quantitative estimate of drug-likeness (QED) is 0.0443. The molecule has 0 aromatic carbocycles. The Hall–Kier alpha value is -1.18. The van der Waals surface area contributed by atoms with Gasteiger partial charge in [0.25, 0.3) is 0 Å². The van der Waals surface area contributed by atoms with Gasteiger partial charge in [-0.1, -0.05) is 403 Å². The van der Waals surface area contributed by atoms with E-state index in [0.717, 1.165) is 51.4 Å². The fourth-order valence-electron chi connectivity index (χ4n) is 14.8. The highest BCUT2D eigenvalue weighted by molar-refractivity contribution is 5.72. The molecule has 4 unspecified atom stereocenters. The van der Waals surface area contributed by atoms with Gasteiger partial charge in [-0.2, -0.15) is 0 Å². The Morgan fingerprint density at radius 1 is 0.258 bits per heavy atom. The second-order valence-electron chi connectivity index (χ2n) is 30.2. The fourth-order valence-corrected chi connectivity index (χ4v) is 14.8. The van der Waals surface area contributed by atoms with Crippen LogP contribution in [-0.4, -0.2) is 49.9 Å². The van der Waals surface area contributed by atoms with Gasteiger partial charge in [0.15, 0.2) is 12.6 Å². The van der Waals surface area contributed by atoms with Gasteiger partial charge in [-0.3, -0.25) is 9.59 Å². The second kappa shape index (κ2) is 59.3. The van der Waals surface area contributed by atoms with E-state index in [9.17, 15) is 9.59 Å². The van der Waals surface area contributed by atoms with Crippen molar-refractivity contribution >= 4 is 11.9 Å². The van der Waals surface area contributed by atoms with E-state index in [4.69, 9.17) is 23.7 Å². The monoisotopic (exact) mass is 1260 g/mol. The molecule has 10 atom stereocenters. The highest BCUT2D eigenvalue weighted by Crippen LogP contribution is 2.41. The third kappa shape index (κ3) is 42.8. The third-order valence-electron chi connectivity index (χ3n) is 22.3. The topological polar surface area (TPSA) is 80.3 Å². The standard InChI is InChI=1S/C82H158O7/c1-11-15-19-23-27-31-35-39-43-47-51-55-59-63-75(64-60-56-52-48-44-40-36-32-28-24-20-16-12-2)79(83)85-67-77-71(7)69(5)73(9)81(87-77)89-82-74(10)70(6)72(8)78(88-82)68-86-80(84)76(65-61-57-53-49-45-41-37-33-29-25-21-17-13-3)66-62-58-54-50-46-42-38-34-30-26-22-18-14-4/h69-78,81-82H,11-68H2,1-10H3/t69-,70-,71+,72+,73?,74?,77?,78?,81-,82-/m0/s1. The molecule has 0 radical (unpaired) electrons. The molecule has 0 N–H and O–H groups in total. The maximum atomic E-state index is 14.2. The van der Waals surface area contributed by atoms with Gasteiger partial charge in [-0.05, 0) is 49.4 Å². The fraction of sp³-hybridized carbons (Fsp3) is 0.976. The molecule has 7 heteroatoms. The summed E-state index contributed by atoms with van der Waals surface area (Å²) in [5, 5.41) is 0. The highest BCUT2D eigenvalue weighted by atomic mass is 16.8. The van der Waals surface area contributed by atoms with E-state index in [1.54, 1.807) is 0 Å². The number of carbonyl (C=O) groups is 2. The largest absolute Gasteiger partial charge is 0.463 e. The predicted octanol–water partition coefficient (Wildman–Crippen LogP) is 26.5. The Morgan fingerprint density at radius 2 is 0.438 bits per heavy atom. The van der Waals surface area contributed by atoms with Crippen molar-refractivity contribution in [1.29, 1.82) is 0 Å². The van der Waals surface area contributed by atoms with Gasteiger partial charge in [-0.25, -0.2) is 0 Å². The van der Waals surface area contributed by atoms with E-state index in [1.807, 2.05) is 0 Å². The number of hydrogen-bond donors (Lipinski definition) is 0. The lowest BCUT2D eigenvalue weighted by atomic mass is 9.78. The van der Waals surface area contributed by atoms with Gasteiger partial charge in [0.2, 0.25) is 0 Å². The van der Waals surface area contributed by atoms with Crippen LogP contribution in [-0.2, 0) is 33.3 Å². The van der Waals surface area contributed by atoms with Crippen molar-refractivity contribution < 1.29 is 33.3 Å². The summed E-state index contributed by atoms with van der Waals surface area (Å²) in [5.41, 5.74) is 0. The van der Waals surface area contributed by atoms with Crippen molar-refractivity contribution in [2.24, 2.45) is 47.3 Å². The van der Waals surface area contributed by atoms with E-state index in [-0.39, 0.29) is 72.9 Å². The molecular weight excluding hydrogens is 1100 g/mol. The molecule has 2 aliphatic heterocycles. The summed E-state index contributed by atoms with van der Waals surface area (Å²) in [6.07, 6.45) is 71.6. The molecule has 0 saturated carbocycles. The van der Waals surface area contributed by atoms with Gasteiger partial charge in [0.1, 0.15) is 13.2 Å². The average Bonchev–Trinajstić information content (AvgIpc) is 2.35. The lowest BCUT2D eigenvalue weighted by Gasteiger charge is -2.48. The highest BCUT2D eigenvalue weighted by Gasteiger charge is 2.46. The lowest BCUT2D eigenvalue weighted by molar-refractivity contribution is -0.344. The number of rotatable bonds is 64. The first-order valence-electron chi connectivity index (χ1n) is 40.8. The third-order valence-corrected chi connectivity index (χ3v) is 22.3. The Labute approximate surface area is 556 Å². The minimum absolute atomic E-state index is 0.0252. The van der Waals surface area contributed by atoms with Crippen molar-refractivity contribution in [3.8, 4) is 0 Å². The molecule has 0 bridgehead atoms. The molecule has 89 heavy (non-hydrogen) atoms. The van der Waals surface area contributed by atoms with Crippen molar-refractivity contribution in [2.45, 2.75) is 454 Å². The van der Waals surface area contributed by atoms with Crippen LogP contribution in [0.1, 0.15) is 429 Å². The first kappa shape index (κ1) is 83.9. The molecule has 2 heterocycles. The number of hydrogen-bond acceptors (Lipinski definition) is 7. The smallest absolute Gasteiger partial charge is 0.309 e.